The van der Waals surface area contributed by atoms with Gasteiger partial charge in [-0.05, 0) is 68.1 Å². The maximum Gasteiger partial charge on any atom is 0.238 e. The van der Waals surface area contributed by atoms with Crippen molar-refractivity contribution in [3.63, 3.8) is 0 Å². The fourth-order valence-corrected chi connectivity index (χ4v) is 7.52. The lowest BCUT2D eigenvalue weighted by molar-refractivity contribution is 0.628. The minimum absolute atomic E-state index is 0.247. The summed E-state index contributed by atoms with van der Waals surface area (Å²) >= 11 is 0. The van der Waals surface area contributed by atoms with Crippen LogP contribution in [0.3, 0.4) is 0 Å². The average molecular weight is 669 g/mol. The Morgan fingerprint density at radius 2 is 0.923 bits per heavy atom. The molecule has 0 unspecified atom stereocenters. The average Bonchev–Trinajstić information content (AvgIpc) is 3.56. The molecule has 244 valence electrons. The Labute approximate surface area is 299 Å². The second-order valence-corrected chi connectivity index (χ2v) is 13.0. The summed E-state index contributed by atoms with van der Waals surface area (Å²) in [5, 5.41) is 6.96. The van der Waals surface area contributed by atoms with Crippen LogP contribution in [-0.2, 0) is 0 Å². The molecular weight excluding hydrogens is 640 g/mol. The molecule has 0 fully saturated rings. The second kappa shape index (κ2) is 12.1. The molecule has 0 saturated heterocycles. The smallest absolute Gasteiger partial charge is 0.238 e. The van der Waals surface area contributed by atoms with E-state index in [2.05, 4.69) is 126 Å². The van der Waals surface area contributed by atoms with Crippen LogP contribution < -0.4 is 0 Å². The Bertz CT molecular complexity index is 2940. The fourth-order valence-electron chi connectivity index (χ4n) is 7.52. The Morgan fingerprint density at radius 1 is 0.365 bits per heavy atom. The molecule has 4 nitrogen and oxygen atoms in total. The van der Waals surface area contributed by atoms with E-state index < -0.39 is 0 Å². The summed E-state index contributed by atoms with van der Waals surface area (Å²) in [6.45, 7) is 0. The number of aromatic nitrogens is 4. The van der Waals surface area contributed by atoms with Gasteiger partial charge in [-0.15, -0.1) is 0 Å². The Balaban J connectivity index is 1.15. The monoisotopic (exact) mass is 668 g/mol. The summed E-state index contributed by atoms with van der Waals surface area (Å²) in [5.41, 5.74) is 8.08. The van der Waals surface area contributed by atoms with E-state index in [1.54, 1.807) is 0 Å². The summed E-state index contributed by atoms with van der Waals surface area (Å²) in [4.78, 5) is 15.3. The second-order valence-electron chi connectivity index (χ2n) is 13.0. The van der Waals surface area contributed by atoms with Gasteiger partial charge in [0.15, 0.2) is 11.6 Å². The zero-order valence-electron chi connectivity index (χ0n) is 27.9. The molecule has 5 heteroatoms. The van der Waals surface area contributed by atoms with Crippen LogP contribution in [0.2, 0.25) is 0 Å². The van der Waals surface area contributed by atoms with Gasteiger partial charge in [0.2, 0.25) is 5.95 Å². The molecule has 52 heavy (non-hydrogen) atoms. The van der Waals surface area contributed by atoms with Gasteiger partial charge < -0.3 is 0 Å². The van der Waals surface area contributed by atoms with Gasteiger partial charge in [0.25, 0.3) is 0 Å². The third kappa shape index (κ3) is 4.94. The minimum atomic E-state index is -0.247. The predicted molar refractivity (Wildman–Crippen MR) is 211 cm³/mol. The summed E-state index contributed by atoms with van der Waals surface area (Å²) < 4.78 is 16.0. The number of benzene rings is 8. The SMILES string of the molecule is Fc1ccc(-c2cccc3cccc(-c4ccc(-c5nc(-c6ccccc6)nc(-n6c7ccccc7c7c8ccccc8ccc76)n5)cc4)c23)cc1. The maximum absolute atomic E-state index is 13.8. The highest BCUT2D eigenvalue weighted by atomic mass is 19.1. The van der Waals surface area contributed by atoms with Crippen LogP contribution in [0.5, 0.6) is 0 Å². The van der Waals surface area contributed by atoms with E-state index in [1.807, 2.05) is 42.5 Å². The zero-order valence-corrected chi connectivity index (χ0v) is 27.9. The van der Waals surface area contributed by atoms with Crippen molar-refractivity contribution < 1.29 is 4.39 Å². The molecule has 0 aliphatic heterocycles. The van der Waals surface area contributed by atoms with Crippen molar-refractivity contribution in [2.75, 3.05) is 0 Å². The molecule has 0 aliphatic carbocycles. The van der Waals surface area contributed by atoms with E-state index in [1.165, 1.54) is 28.3 Å². The molecule has 2 heterocycles. The lowest BCUT2D eigenvalue weighted by Crippen LogP contribution is -2.06. The van der Waals surface area contributed by atoms with Gasteiger partial charge in [-0.3, -0.25) is 4.57 Å². The maximum atomic E-state index is 13.8. The van der Waals surface area contributed by atoms with Gasteiger partial charge in [-0.2, -0.15) is 9.97 Å². The lowest BCUT2D eigenvalue weighted by atomic mass is 9.91. The summed E-state index contributed by atoms with van der Waals surface area (Å²) in [6.07, 6.45) is 0. The van der Waals surface area contributed by atoms with E-state index in [-0.39, 0.29) is 5.82 Å². The largest absolute Gasteiger partial charge is 0.278 e. The molecule has 0 bridgehead atoms. The standard InChI is InChI=1S/C47H29FN4/c48-36-27-24-32(25-28-36)38-18-9-14-33-13-8-17-37(43(33)38)31-20-22-35(23-21-31)46-49-45(34-11-2-1-3-12-34)50-47(51-46)52-41-19-7-6-16-40(41)44-39-15-5-4-10-30(39)26-29-42(44)52/h1-29H. The molecule has 10 rings (SSSR count). The first kappa shape index (κ1) is 29.9. The van der Waals surface area contributed by atoms with Crippen molar-refractivity contribution in [3.8, 4) is 51.0 Å². The van der Waals surface area contributed by atoms with Crippen LogP contribution in [0.4, 0.5) is 4.39 Å². The molecule has 8 aromatic carbocycles. The number of hydrogen-bond acceptors (Lipinski definition) is 3. The molecule has 0 radical (unpaired) electrons. The van der Waals surface area contributed by atoms with Crippen molar-refractivity contribution in [1.82, 2.24) is 19.5 Å². The van der Waals surface area contributed by atoms with Crippen molar-refractivity contribution in [2.24, 2.45) is 0 Å². The number of hydrogen-bond donors (Lipinski definition) is 0. The van der Waals surface area contributed by atoms with Crippen molar-refractivity contribution in [2.45, 2.75) is 0 Å². The topological polar surface area (TPSA) is 43.6 Å². The van der Waals surface area contributed by atoms with Crippen molar-refractivity contribution in [3.05, 3.63) is 182 Å². The van der Waals surface area contributed by atoms with Crippen molar-refractivity contribution in [1.29, 1.82) is 0 Å². The molecule has 0 N–H and O–H groups in total. The van der Waals surface area contributed by atoms with Gasteiger partial charge in [0.1, 0.15) is 5.82 Å². The molecule has 0 amide bonds. The summed E-state index contributed by atoms with van der Waals surface area (Å²) in [7, 11) is 0. The van der Waals surface area contributed by atoms with E-state index >= 15 is 0 Å². The molecule has 0 atom stereocenters. The first-order valence-corrected chi connectivity index (χ1v) is 17.3. The van der Waals surface area contributed by atoms with Gasteiger partial charge >= 0.3 is 0 Å². The number of nitrogens with zero attached hydrogens (tertiary/aromatic N) is 4. The van der Waals surface area contributed by atoms with Crippen LogP contribution in [-0.4, -0.2) is 19.5 Å². The van der Waals surface area contributed by atoms with Crippen LogP contribution in [0.25, 0.3) is 94.3 Å². The number of fused-ring (bicyclic) bond motifs is 6. The summed E-state index contributed by atoms with van der Waals surface area (Å²) in [6, 6.07) is 59.1. The predicted octanol–water partition coefficient (Wildman–Crippen LogP) is 12.1. The van der Waals surface area contributed by atoms with Crippen molar-refractivity contribution >= 4 is 43.4 Å². The highest BCUT2D eigenvalue weighted by Gasteiger charge is 2.19. The Kier molecular flexibility index (Phi) is 6.96. The molecular formula is C47H29FN4. The highest BCUT2D eigenvalue weighted by Crippen LogP contribution is 2.39. The minimum Gasteiger partial charge on any atom is -0.278 e. The molecule has 0 saturated carbocycles. The van der Waals surface area contributed by atoms with Crippen LogP contribution >= 0.6 is 0 Å². The van der Waals surface area contributed by atoms with Gasteiger partial charge in [-0.1, -0.05) is 152 Å². The fraction of sp³-hybridized carbons (Fsp3) is 0. The normalized spacial score (nSPS) is 11.6. The van der Waals surface area contributed by atoms with Crippen LogP contribution in [0.1, 0.15) is 0 Å². The highest BCUT2D eigenvalue weighted by molar-refractivity contribution is 6.21. The molecule has 10 aromatic rings. The van der Waals surface area contributed by atoms with Crippen LogP contribution in [0, 0.1) is 5.82 Å². The van der Waals surface area contributed by atoms with E-state index in [9.17, 15) is 4.39 Å². The third-order valence-electron chi connectivity index (χ3n) is 9.93. The van der Waals surface area contributed by atoms with E-state index in [0.29, 0.717) is 17.6 Å². The molecule has 0 spiro atoms. The van der Waals surface area contributed by atoms with Crippen LogP contribution in [0.15, 0.2) is 176 Å². The Hall–Kier alpha value is -6.98. The van der Waals surface area contributed by atoms with Gasteiger partial charge in [-0.25, -0.2) is 9.37 Å². The molecule has 0 aliphatic rings. The van der Waals surface area contributed by atoms with E-state index in [0.717, 1.165) is 60.6 Å². The third-order valence-corrected chi connectivity index (χ3v) is 9.93. The number of halogens is 1. The first-order chi connectivity index (χ1) is 25.7. The van der Waals surface area contributed by atoms with Gasteiger partial charge in [0.05, 0.1) is 11.0 Å². The Morgan fingerprint density at radius 3 is 1.63 bits per heavy atom. The first-order valence-electron chi connectivity index (χ1n) is 17.3. The van der Waals surface area contributed by atoms with E-state index in [4.69, 9.17) is 15.0 Å². The molecule has 2 aromatic heterocycles. The quantitative estimate of drug-likeness (QED) is 0.183. The van der Waals surface area contributed by atoms with Gasteiger partial charge in [0, 0.05) is 21.9 Å². The zero-order chi connectivity index (χ0) is 34.6. The number of rotatable bonds is 5. The summed E-state index contributed by atoms with van der Waals surface area (Å²) in [5.74, 6) is 1.51. The number of para-hydroxylation sites is 1. The lowest BCUT2D eigenvalue weighted by Gasteiger charge is -2.14.